The van der Waals surface area contributed by atoms with Crippen molar-refractivity contribution < 1.29 is 27.0 Å². The van der Waals surface area contributed by atoms with E-state index in [1.807, 2.05) is 0 Å². The molecular weight excluding hydrogens is 1130 g/mol. The quantitative estimate of drug-likeness (QED) is 0.109. The van der Waals surface area contributed by atoms with E-state index in [0.29, 0.717) is 88.4 Å². The van der Waals surface area contributed by atoms with Gasteiger partial charge in [0.25, 0.3) is 11.1 Å². The number of nitrogens with two attached hydrogens (primary N) is 2. The molecule has 8 heterocycles. The molecule has 0 bridgehead atoms. The van der Waals surface area contributed by atoms with Crippen molar-refractivity contribution in [2.24, 2.45) is 0 Å². The molecule has 84 heavy (non-hydrogen) atoms. The molecule has 24 heteroatoms. The van der Waals surface area contributed by atoms with Crippen LogP contribution in [0.3, 0.4) is 0 Å². The van der Waals surface area contributed by atoms with Crippen molar-refractivity contribution in [1.29, 1.82) is 0 Å². The Morgan fingerprint density at radius 1 is 0.500 bits per heavy atom. The van der Waals surface area contributed by atoms with Gasteiger partial charge in [0.1, 0.15) is 58.6 Å². The second kappa shape index (κ2) is 22.5. The van der Waals surface area contributed by atoms with E-state index in [1.165, 1.54) is 94.5 Å². The number of ether oxygens (including phenoxy) is 2. The zero-order valence-corrected chi connectivity index (χ0v) is 46.9. The summed E-state index contributed by atoms with van der Waals surface area (Å²) in [6, 6.07) is 25.5. The van der Waals surface area contributed by atoms with Crippen LogP contribution >= 0.6 is 23.2 Å². The average molecular weight is 1180 g/mol. The third kappa shape index (κ3) is 10.6. The van der Waals surface area contributed by atoms with Crippen LogP contribution in [0.5, 0.6) is 11.5 Å². The Labute approximate surface area is 484 Å². The molecule has 18 nitrogen and oxygen atoms in total. The topological polar surface area (TPSA) is 226 Å². The monoisotopic (exact) mass is 1170 g/mol. The lowest BCUT2D eigenvalue weighted by Crippen LogP contribution is -2.23. The molecule has 0 aliphatic rings. The van der Waals surface area contributed by atoms with Gasteiger partial charge in [0.05, 0.1) is 67.6 Å². The molecule has 12 aromatic rings. The minimum Gasteiger partial charge on any atom is -0.488 e. The molecule has 0 saturated heterocycles. The first kappa shape index (κ1) is 56.1. The highest BCUT2D eigenvalue weighted by molar-refractivity contribution is 6.30. The fourth-order valence-corrected chi connectivity index (χ4v) is 10.2. The summed E-state index contributed by atoms with van der Waals surface area (Å²) in [5, 5.41) is 11.1. The number of nitrogens with zero attached hydrogens (tertiary/aromatic N) is 12. The Balaban J connectivity index is 0.000000175. The van der Waals surface area contributed by atoms with E-state index in [2.05, 4.69) is 19.9 Å². The van der Waals surface area contributed by atoms with Gasteiger partial charge in [-0.15, -0.1) is 0 Å². The van der Waals surface area contributed by atoms with Crippen LogP contribution in [0.2, 0.25) is 10.0 Å². The Hall–Kier alpha value is -9.80. The maximum Gasteiger partial charge on any atom is 0.266 e. The number of anilines is 2. The van der Waals surface area contributed by atoms with Gasteiger partial charge in [-0.1, -0.05) is 47.5 Å². The Kier molecular flexibility index (Phi) is 15.0. The lowest BCUT2D eigenvalue weighted by Gasteiger charge is -2.18. The molecule has 2 atom stereocenters. The largest absolute Gasteiger partial charge is 0.488 e. The van der Waals surface area contributed by atoms with E-state index in [1.54, 1.807) is 99.4 Å². The molecule has 0 aliphatic carbocycles. The molecule has 4 aromatic carbocycles. The maximum absolute atomic E-state index is 15.0. The van der Waals surface area contributed by atoms with Gasteiger partial charge in [-0.2, -0.15) is 10.2 Å². The Morgan fingerprint density at radius 3 is 1.27 bits per heavy atom. The molecule has 0 spiro atoms. The number of nitrogen functional groups attached to an aromatic ring is 2. The predicted octanol–water partition coefficient (Wildman–Crippen LogP) is 12.2. The molecule has 0 unspecified atom stereocenters. The van der Waals surface area contributed by atoms with Gasteiger partial charge in [0, 0.05) is 23.5 Å². The van der Waals surface area contributed by atoms with Crippen LogP contribution in [-0.4, -0.2) is 70.5 Å². The molecular formula is C60H48Cl2F4N14O4. The molecule has 0 radical (unpaired) electrons. The summed E-state index contributed by atoms with van der Waals surface area (Å²) >= 11 is 12.4. The average Bonchev–Trinajstić information content (AvgIpc) is 1.93. The zero-order valence-electron chi connectivity index (χ0n) is 45.4. The molecule has 8 aromatic heterocycles. The molecule has 4 N–H and O–H groups in total. The van der Waals surface area contributed by atoms with Gasteiger partial charge in [0.2, 0.25) is 0 Å². The number of fused-ring (bicyclic) bond motifs is 4. The molecule has 0 fully saturated rings. The number of rotatable bonds is 12. The van der Waals surface area contributed by atoms with Crippen molar-refractivity contribution in [3.63, 3.8) is 0 Å². The van der Waals surface area contributed by atoms with Crippen LogP contribution in [0, 0.1) is 23.3 Å². The van der Waals surface area contributed by atoms with E-state index < -0.39 is 46.5 Å². The third-order valence-corrected chi connectivity index (χ3v) is 14.0. The minimum atomic E-state index is -0.712. The number of aromatic nitrogens is 12. The van der Waals surface area contributed by atoms with Crippen molar-refractivity contribution in [3.05, 3.63) is 200 Å². The molecule has 0 saturated carbocycles. The summed E-state index contributed by atoms with van der Waals surface area (Å²) < 4.78 is 75.5. The highest BCUT2D eigenvalue weighted by atomic mass is 35.5. The van der Waals surface area contributed by atoms with Gasteiger partial charge in [-0.3, -0.25) is 18.4 Å². The van der Waals surface area contributed by atoms with Gasteiger partial charge < -0.3 is 20.9 Å². The van der Waals surface area contributed by atoms with E-state index >= 15 is 8.78 Å². The van der Waals surface area contributed by atoms with Crippen molar-refractivity contribution in [2.75, 3.05) is 11.5 Å². The normalized spacial score (nSPS) is 12.4. The first-order valence-electron chi connectivity index (χ1n) is 26.1. The third-order valence-electron chi connectivity index (χ3n) is 13.6. The fourth-order valence-electron chi connectivity index (χ4n) is 9.86. The summed E-state index contributed by atoms with van der Waals surface area (Å²) in [6.45, 7) is 10.8. The first-order chi connectivity index (χ1) is 40.2. The Morgan fingerprint density at radius 2 is 0.905 bits per heavy atom. The highest BCUT2D eigenvalue weighted by Gasteiger charge is 2.29. The Bertz CT molecular complexity index is 4410. The minimum absolute atomic E-state index is 0.107. The van der Waals surface area contributed by atoms with E-state index in [-0.39, 0.29) is 46.5 Å². The van der Waals surface area contributed by atoms with Crippen LogP contribution in [0.1, 0.15) is 65.0 Å². The van der Waals surface area contributed by atoms with Crippen LogP contribution in [0.15, 0.2) is 144 Å². The van der Waals surface area contributed by atoms with E-state index in [0.717, 1.165) is 0 Å². The van der Waals surface area contributed by atoms with Crippen LogP contribution in [0.4, 0.5) is 29.2 Å². The molecule has 424 valence electrons. The van der Waals surface area contributed by atoms with Crippen molar-refractivity contribution >= 4 is 68.2 Å². The summed E-state index contributed by atoms with van der Waals surface area (Å²) in [5.41, 5.74) is 16.2. The summed E-state index contributed by atoms with van der Waals surface area (Å²) in [6.07, 6.45) is 5.09. The number of hydrogen-bond donors (Lipinski definition) is 2. The second-order valence-corrected chi connectivity index (χ2v) is 20.9. The van der Waals surface area contributed by atoms with Crippen LogP contribution in [0.25, 0.3) is 78.1 Å². The smallest absolute Gasteiger partial charge is 0.266 e. The van der Waals surface area contributed by atoms with Crippen LogP contribution in [-0.2, 0) is 0 Å². The number of hydrogen-bond acceptors (Lipinski definition) is 14. The SMILES string of the molecule is CC(C)Oc1ccc(-c2nn([C@@H](C)c3nc4ccc(Cl)cn4c(=O)c3-c3cccc(F)c3)c3ncnc(N)c23)cc1F.CC(C)Oc1ccc(-c2nn([C@H](C)c3nc4ccc(Cl)cn4c(=O)c3-c3cccc(F)c3)c3ncnc(N)c23)cc1F. The van der Waals surface area contributed by atoms with Gasteiger partial charge >= 0.3 is 0 Å². The van der Waals surface area contributed by atoms with E-state index in [9.17, 15) is 18.4 Å². The lowest BCUT2D eigenvalue weighted by atomic mass is 10.0. The fraction of sp³-hybridized carbons (Fsp3) is 0.167. The number of pyridine rings is 2. The van der Waals surface area contributed by atoms with Crippen molar-refractivity contribution in [3.8, 4) is 56.3 Å². The molecule has 0 amide bonds. The van der Waals surface area contributed by atoms with Crippen molar-refractivity contribution in [1.82, 2.24) is 58.3 Å². The van der Waals surface area contributed by atoms with Crippen LogP contribution < -0.4 is 32.1 Å². The van der Waals surface area contributed by atoms with E-state index in [4.69, 9.17) is 64.3 Å². The standard InChI is InChI=1S/2C30H24ClF2N7O2/c2*1-15(2)42-22-9-7-18(12-21(22)33)27-25-28(34)35-14-36-29(25)40(38-27)16(3)26-24(17-5-4-6-20(32)11-17)30(41)39-13-19(31)8-10-23(39)37-26/h2*4-16H,1-3H3,(H2,34,35,36)/t2*16-/m10/s1. The lowest BCUT2D eigenvalue weighted by molar-refractivity contribution is 0.231. The first-order valence-corrected chi connectivity index (χ1v) is 26.9. The second-order valence-electron chi connectivity index (χ2n) is 20.0. The summed E-state index contributed by atoms with van der Waals surface area (Å²) in [5.74, 6) is -1.66. The zero-order chi connectivity index (χ0) is 59.4. The van der Waals surface area contributed by atoms with Gasteiger partial charge in [0.15, 0.2) is 34.4 Å². The predicted molar refractivity (Wildman–Crippen MR) is 313 cm³/mol. The highest BCUT2D eigenvalue weighted by Crippen LogP contribution is 2.39. The molecule has 0 aliphatic heterocycles. The number of benzene rings is 4. The number of halogens is 6. The van der Waals surface area contributed by atoms with Gasteiger partial charge in [-0.25, -0.2) is 56.8 Å². The molecule has 12 rings (SSSR count). The summed E-state index contributed by atoms with van der Waals surface area (Å²) in [4.78, 5) is 54.4. The maximum atomic E-state index is 15.0. The van der Waals surface area contributed by atoms with Gasteiger partial charge in [-0.05, 0) is 138 Å². The van der Waals surface area contributed by atoms with Crippen molar-refractivity contribution in [2.45, 2.75) is 65.8 Å². The summed E-state index contributed by atoms with van der Waals surface area (Å²) in [7, 11) is 0.